The largest absolute Gasteiger partial charge is 0.367 e. The van der Waals surface area contributed by atoms with Gasteiger partial charge in [-0.1, -0.05) is 52.3 Å². The van der Waals surface area contributed by atoms with E-state index in [0.717, 1.165) is 29.4 Å². The molecule has 0 N–H and O–H groups in total. The van der Waals surface area contributed by atoms with Crippen molar-refractivity contribution in [3.63, 3.8) is 0 Å². The molecule has 1 spiro atoms. The monoisotopic (exact) mass is 437 g/mol. The Morgan fingerprint density at radius 3 is 2.50 bits per heavy atom. The Kier molecular flexibility index (Phi) is 4.42. The van der Waals surface area contributed by atoms with Crippen molar-refractivity contribution >= 4 is 33.2 Å². The van der Waals surface area contributed by atoms with Gasteiger partial charge in [0.05, 0.1) is 0 Å². The predicted octanol–water partition coefficient (Wildman–Crippen LogP) is 5.07. The highest BCUT2D eigenvalue weighted by molar-refractivity contribution is 9.10. The van der Waals surface area contributed by atoms with Gasteiger partial charge in [0.15, 0.2) is 0 Å². The number of halogens is 1. The van der Waals surface area contributed by atoms with Gasteiger partial charge < -0.3 is 4.90 Å². The van der Waals surface area contributed by atoms with E-state index in [-0.39, 0.29) is 17.6 Å². The van der Waals surface area contributed by atoms with E-state index in [9.17, 15) is 9.59 Å². The minimum absolute atomic E-state index is 0.0337. The predicted molar refractivity (Wildman–Crippen MR) is 114 cm³/mol. The number of carbonyl (C=O) groups is 2. The molecule has 2 atom stereocenters. The van der Waals surface area contributed by atoms with Gasteiger partial charge in [0.1, 0.15) is 17.0 Å². The molecule has 0 radical (unpaired) electrons. The Balaban J connectivity index is 1.62. The highest BCUT2D eigenvalue weighted by atomic mass is 79.9. The summed E-state index contributed by atoms with van der Waals surface area (Å²) in [5.41, 5.74) is 2.81. The van der Waals surface area contributed by atoms with Gasteiger partial charge >= 0.3 is 0 Å². The second-order valence-electron chi connectivity index (χ2n) is 8.46. The minimum atomic E-state index is -0.855. The highest BCUT2D eigenvalue weighted by Crippen LogP contribution is 2.51. The van der Waals surface area contributed by atoms with E-state index in [1.807, 2.05) is 12.1 Å². The fraction of sp³-hybridized carbons (Fsp3) is 0.417. The van der Waals surface area contributed by atoms with E-state index < -0.39 is 5.41 Å². The maximum absolute atomic E-state index is 13.3. The van der Waals surface area contributed by atoms with Crippen LogP contribution in [0, 0.1) is 5.41 Å². The smallest absolute Gasteiger partial charge is 0.148 e. The van der Waals surface area contributed by atoms with Gasteiger partial charge in [-0.05, 0) is 54.9 Å². The molecule has 0 amide bonds. The van der Waals surface area contributed by atoms with Crippen LogP contribution in [0.1, 0.15) is 49.1 Å². The molecule has 4 heteroatoms. The first kappa shape index (κ1) is 18.1. The van der Waals surface area contributed by atoms with Crippen LogP contribution in [0.15, 0.2) is 53.0 Å². The summed E-state index contributed by atoms with van der Waals surface area (Å²) in [6.07, 6.45) is 4.27. The van der Waals surface area contributed by atoms with E-state index in [2.05, 4.69) is 57.2 Å². The summed E-state index contributed by atoms with van der Waals surface area (Å²) in [4.78, 5) is 29.0. The summed E-state index contributed by atoms with van der Waals surface area (Å²) in [5, 5.41) is 0. The molecular formula is C24H24BrNO2. The number of Topliss-reactive ketones (excluding diaryl/α,β-unsaturated/α-hetero) is 2. The SMILES string of the molecule is O=C1CCCC(=O)C12Cc1ccc(Br)cc1N1CC[C@H](c3ccccc3)C[C@@H]12. The summed E-state index contributed by atoms with van der Waals surface area (Å²) in [6.45, 7) is 0.885. The second kappa shape index (κ2) is 6.84. The van der Waals surface area contributed by atoms with Crippen molar-refractivity contribution in [2.24, 2.45) is 5.41 Å². The lowest BCUT2D eigenvalue weighted by molar-refractivity contribution is -0.146. The van der Waals surface area contributed by atoms with Gasteiger partial charge in [-0.25, -0.2) is 0 Å². The van der Waals surface area contributed by atoms with E-state index >= 15 is 0 Å². The third-order valence-electron chi connectivity index (χ3n) is 7.07. The second-order valence-corrected chi connectivity index (χ2v) is 9.38. The van der Waals surface area contributed by atoms with Crippen LogP contribution in [0.3, 0.4) is 0 Å². The molecule has 0 unspecified atom stereocenters. The molecule has 3 nitrogen and oxygen atoms in total. The lowest BCUT2D eigenvalue weighted by Gasteiger charge is -2.54. The molecule has 28 heavy (non-hydrogen) atoms. The average Bonchev–Trinajstić information content (AvgIpc) is 2.72. The van der Waals surface area contributed by atoms with Crippen LogP contribution in [0.5, 0.6) is 0 Å². The molecule has 2 heterocycles. The van der Waals surface area contributed by atoms with E-state index in [0.29, 0.717) is 31.6 Å². The quantitative estimate of drug-likeness (QED) is 0.584. The number of piperidine rings is 1. The Bertz CT molecular complexity index is 923. The number of rotatable bonds is 1. The summed E-state index contributed by atoms with van der Waals surface area (Å²) in [7, 11) is 0. The number of anilines is 1. The van der Waals surface area contributed by atoms with Crippen LogP contribution >= 0.6 is 15.9 Å². The standard InChI is InChI=1S/C24H24BrNO2/c25-19-10-9-18-15-24(22(27)7-4-8-23(24)28)21-13-17(16-5-2-1-3-6-16)11-12-26(21)20(18)14-19/h1-3,5-6,9-10,14,17,21H,4,7-8,11-13,15H2/t17-,21+/m0/s1. The van der Waals surface area contributed by atoms with Crippen molar-refractivity contribution in [3.8, 4) is 0 Å². The van der Waals surface area contributed by atoms with Crippen LogP contribution in [-0.2, 0) is 16.0 Å². The highest BCUT2D eigenvalue weighted by Gasteiger charge is 2.58. The molecule has 1 saturated heterocycles. The zero-order valence-electron chi connectivity index (χ0n) is 15.9. The molecule has 2 aliphatic heterocycles. The summed E-state index contributed by atoms with van der Waals surface area (Å²) >= 11 is 3.61. The number of ketones is 2. The third kappa shape index (κ3) is 2.68. The van der Waals surface area contributed by atoms with Crippen molar-refractivity contribution in [1.82, 2.24) is 0 Å². The molecule has 1 saturated carbocycles. The van der Waals surface area contributed by atoms with Crippen molar-refractivity contribution in [3.05, 3.63) is 64.1 Å². The number of nitrogens with zero attached hydrogens (tertiary/aromatic N) is 1. The van der Waals surface area contributed by atoms with Crippen molar-refractivity contribution in [2.45, 2.75) is 50.5 Å². The number of hydrogen-bond donors (Lipinski definition) is 0. The molecule has 0 aromatic heterocycles. The third-order valence-corrected chi connectivity index (χ3v) is 7.56. The molecule has 144 valence electrons. The van der Waals surface area contributed by atoms with Crippen molar-refractivity contribution in [1.29, 1.82) is 0 Å². The normalized spacial score (nSPS) is 26.1. The molecule has 3 aliphatic rings. The first-order valence-corrected chi connectivity index (χ1v) is 11.1. The van der Waals surface area contributed by atoms with Gasteiger partial charge in [-0.15, -0.1) is 0 Å². The Morgan fingerprint density at radius 1 is 1.00 bits per heavy atom. The summed E-state index contributed by atoms with van der Waals surface area (Å²) in [5.74, 6) is 0.734. The number of hydrogen-bond acceptors (Lipinski definition) is 3. The molecule has 0 bridgehead atoms. The van der Waals surface area contributed by atoms with Gasteiger partial charge in [-0.3, -0.25) is 9.59 Å². The zero-order valence-corrected chi connectivity index (χ0v) is 17.5. The molecule has 2 aromatic carbocycles. The maximum Gasteiger partial charge on any atom is 0.148 e. The number of benzene rings is 2. The first-order chi connectivity index (χ1) is 13.6. The minimum Gasteiger partial charge on any atom is -0.367 e. The van der Waals surface area contributed by atoms with Crippen molar-refractivity contribution in [2.75, 3.05) is 11.4 Å². The molecule has 2 fully saturated rings. The number of carbonyl (C=O) groups excluding carboxylic acids is 2. The van der Waals surface area contributed by atoms with Crippen LogP contribution in [-0.4, -0.2) is 24.2 Å². The van der Waals surface area contributed by atoms with E-state index in [1.165, 1.54) is 11.3 Å². The average molecular weight is 438 g/mol. The van der Waals surface area contributed by atoms with E-state index in [4.69, 9.17) is 0 Å². The topological polar surface area (TPSA) is 37.4 Å². The van der Waals surface area contributed by atoms with E-state index in [1.54, 1.807) is 0 Å². The summed E-state index contributed by atoms with van der Waals surface area (Å²) < 4.78 is 1.05. The lowest BCUT2D eigenvalue weighted by atomic mass is 9.58. The maximum atomic E-state index is 13.3. The van der Waals surface area contributed by atoms with Gasteiger partial charge in [0, 0.05) is 35.6 Å². The van der Waals surface area contributed by atoms with Crippen LogP contribution in [0.25, 0.3) is 0 Å². The zero-order chi connectivity index (χ0) is 19.3. The van der Waals surface area contributed by atoms with Gasteiger partial charge in [-0.2, -0.15) is 0 Å². The summed E-state index contributed by atoms with van der Waals surface area (Å²) in [6, 6.07) is 16.8. The Labute approximate surface area is 174 Å². The van der Waals surface area contributed by atoms with Crippen LogP contribution in [0.4, 0.5) is 5.69 Å². The molecular weight excluding hydrogens is 414 g/mol. The van der Waals surface area contributed by atoms with Crippen molar-refractivity contribution < 1.29 is 9.59 Å². The fourth-order valence-electron chi connectivity index (χ4n) is 5.70. The Hall–Kier alpha value is -1.94. The first-order valence-electron chi connectivity index (χ1n) is 10.3. The fourth-order valence-corrected chi connectivity index (χ4v) is 6.05. The Morgan fingerprint density at radius 2 is 1.75 bits per heavy atom. The molecule has 2 aromatic rings. The molecule has 5 rings (SSSR count). The number of fused-ring (bicyclic) bond motifs is 4. The lowest BCUT2D eigenvalue weighted by Crippen LogP contribution is -2.63. The van der Waals surface area contributed by atoms with Gasteiger partial charge in [0.2, 0.25) is 0 Å². The van der Waals surface area contributed by atoms with Crippen LogP contribution in [0.2, 0.25) is 0 Å². The van der Waals surface area contributed by atoms with Gasteiger partial charge in [0.25, 0.3) is 0 Å². The molecule has 1 aliphatic carbocycles. The van der Waals surface area contributed by atoms with Crippen LogP contribution < -0.4 is 4.90 Å².